The van der Waals surface area contributed by atoms with Crippen molar-refractivity contribution in [1.82, 2.24) is 5.32 Å². The third-order valence-corrected chi connectivity index (χ3v) is 2.43. The van der Waals surface area contributed by atoms with Gasteiger partial charge in [0.05, 0.1) is 12.7 Å². The van der Waals surface area contributed by atoms with Crippen LogP contribution in [0.2, 0.25) is 0 Å². The van der Waals surface area contributed by atoms with Crippen molar-refractivity contribution >= 4 is 0 Å². The Morgan fingerprint density at radius 3 is 2.79 bits per heavy atom. The summed E-state index contributed by atoms with van der Waals surface area (Å²) in [5.41, 5.74) is 1.09. The first kappa shape index (κ1) is 15.5. The molecule has 0 saturated carbocycles. The zero-order valence-corrected chi connectivity index (χ0v) is 11.7. The second-order valence-corrected chi connectivity index (χ2v) is 4.29. The van der Waals surface area contributed by atoms with Gasteiger partial charge >= 0.3 is 0 Å². The van der Waals surface area contributed by atoms with E-state index in [4.69, 9.17) is 9.47 Å². The molecule has 106 valence electrons. The lowest BCUT2D eigenvalue weighted by Crippen LogP contribution is -2.23. The number of hydrogen-bond acceptors (Lipinski definition) is 4. The first-order valence-electron chi connectivity index (χ1n) is 6.55. The highest BCUT2D eigenvalue weighted by Gasteiger charge is 2.06. The van der Waals surface area contributed by atoms with Gasteiger partial charge in [-0.05, 0) is 31.5 Å². The van der Waals surface area contributed by atoms with Crippen LogP contribution >= 0.6 is 0 Å². The molecular weight excluding hydrogens is 242 g/mol. The lowest BCUT2D eigenvalue weighted by Gasteiger charge is -2.13. The number of nitrogens with one attached hydrogen (secondary N) is 1. The average molecular weight is 265 g/mol. The quantitative estimate of drug-likeness (QED) is 0.672. The molecule has 1 unspecified atom stereocenters. The van der Waals surface area contributed by atoms with Gasteiger partial charge in [-0.25, -0.2) is 0 Å². The normalized spacial score (nSPS) is 11.9. The van der Waals surface area contributed by atoms with Crippen LogP contribution < -0.4 is 14.8 Å². The fourth-order valence-electron chi connectivity index (χ4n) is 1.62. The van der Waals surface area contributed by atoms with Crippen LogP contribution in [-0.2, 0) is 6.54 Å². The van der Waals surface area contributed by atoms with E-state index >= 15 is 0 Å². The van der Waals surface area contributed by atoms with Gasteiger partial charge in [0.1, 0.15) is 6.61 Å². The SMILES string of the molecule is C=CCOc1ccc(CNCC(C)O)cc1OCC. The molecule has 0 bridgehead atoms. The summed E-state index contributed by atoms with van der Waals surface area (Å²) in [5.74, 6) is 1.46. The van der Waals surface area contributed by atoms with Crippen LogP contribution in [0.4, 0.5) is 0 Å². The molecule has 0 aliphatic carbocycles. The fourth-order valence-corrected chi connectivity index (χ4v) is 1.62. The Bertz CT molecular complexity index is 391. The predicted octanol–water partition coefficient (Wildman–Crippen LogP) is 2.12. The summed E-state index contributed by atoms with van der Waals surface area (Å²) in [4.78, 5) is 0. The van der Waals surface area contributed by atoms with Crippen LogP contribution in [0.1, 0.15) is 19.4 Å². The monoisotopic (exact) mass is 265 g/mol. The van der Waals surface area contributed by atoms with Gasteiger partial charge in [-0.1, -0.05) is 18.7 Å². The topological polar surface area (TPSA) is 50.7 Å². The Morgan fingerprint density at radius 2 is 2.16 bits per heavy atom. The molecule has 19 heavy (non-hydrogen) atoms. The minimum Gasteiger partial charge on any atom is -0.490 e. The minimum absolute atomic E-state index is 0.346. The molecule has 0 spiro atoms. The highest BCUT2D eigenvalue weighted by Crippen LogP contribution is 2.28. The van der Waals surface area contributed by atoms with Crippen LogP contribution in [0.15, 0.2) is 30.9 Å². The van der Waals surface area contributed by atoms with Crippen molar-refractivity contribution in [2.75, 3.05) is 19.8 Å². The third kappa shape index (κ3) is 5.77. The molecule has 2 N–H and O–H groups in total. The molecule has 0 saturated heterocycles. The molecule has 1 atom stereocenters. The van der Waals surface area contributed by atoms with Crippen molar-refractivity contribution in [3.8, 4) is 11.5 Å². The van der Waals surface area contributed by atoms with Crippen LogP contribution in [0.3, 0.4) is 0 Å². The van der Waals surface area contributed by atoms with Gasteiger partial charge in [0.15, 0.2) is 11.5 Å². The van der Waals surface area contributed by atoms with Gasteiger partial charge < -0.3 is 19.9 Å². The van der Waals surface area contributed by atoms with E-state index in [1.807, 2.05) is 25.1 Å². The zero-order chi connectivity index (χ0) is 14.1. The molecule has 0 amide bonds. The lowest BCUT2D eigenvalue weighted by molar-refractivity contribution is 0.191. The Kier molecular flexibility index (Phi) is 7.00. The standard InChI is InChI=1S/C15H23NO3/c1-4-8-19-14-7-6-13(9-15(14)18-5-2)11-16-10-12(3)17/h4,6-7,9,12,16-17H,1,5,8,10-11H2,2-3H3. The van der Waals surface area contributed by atoms with Crippen LogP contribution in [0.5, 0.6) is 11.5 Å². The number of ether oxygens (including phenoxy) is 2. The lowest BCUT2D eigenvalue weighted by atomic mass is 10.2. The molecule has 1 rings (SSSR count). The van der Waals surface area contributed by atoms with Crippen molar-refractivity contribution < 1.29 is 14.6 Å². The Hall–Kier alpha value is -1.52. The first-order valence-corrected chi connectivity index (χ1v) is 6.55. The van der Waals surface area contributed by atoms with Gasteiger partial charge in [0.25, 0.3) is 0 Å². The third-order valence-electron chi connectivity index (χ3n) is 2.43. The molecule has 4 heteroatoms. The van der Waals surface area contributed by atoms with Gasteiger partial charge in [0, 0.05) is 13.1 Å². The molecular formula is C15H23NO3. The van der Waals surface area contributed by atoms with Crippen molar-refractivity contribution in [1.29, 1.82) is 0 Å². The highest BCUT2D eigenvalue weighted by atomic mass is 16.5. The first-order chi connectivity index (χ1) is 9.17. The number of aliphatic hydroxyl groups is 1. The predicted molar refractivity (Wildman–Crippen MR) is 76.7 cm³/mol. The van der Waals surface area contributed by atoms with Gasteiger partial charge in [-0.15, -0.1) is 0 Å². The smallest absolute Gasteiger partial charge is 0.161 e. The summed E-state index contributed by atoms with van der Waals surface area (Å²) in [6.07, 6.45) is 1.36. The van der Waals surface area contributed by atoms with Crippen molar-refractivity contribution in [3.63, 3.8) is 0 Å². The summed E-state index contributed by atoms with van der Waals surface area (Å²) in [6, 6.07) is 5.83. The van der Waals surface area contributed by atoms with Gasteiger partial charge in [-0.2, -0.15) is 0 Å². The highest BCUT2D eigenvalue weighted by molar-refractivity contribution is 5.43. The van der Waals surface area contributed by atoms with Crippen molar-refractivity contribution in [2.45, 2.75) is 26.5 Å². The maximum absolute atomic E-state index is 9.19. The number of hydrogen-bond donors (Lipinski definition) is 2. The van der Waals surface area contributed by atoms with Crippen LogP contribution in [0.25, 0.3) is 0 Å². The maximum Gasteiger partial charge on any atom is 0.161 e. The largest absolute Gasteiger partial charge is 0.490 e. The fraction of sp³-hybridized carbons (Fsp3) is 0.467. The summed E-state index contributed by atoms with van der Waals surface area (Å²) in [6.45, 7) is 9.63. The van der Waals surface area contributed by atoms with Crippen LogP contribution in [-0.4, -0.2) is 31.0 Å². The summed E-state index contributed by atoms with van der Waals surface area (Å²) < 4.78 is 11.1. The summed E-state index contributed by atoms with van der Waals surface area (Å²) >= 11 is 0. The van der Waals surface area contributed by atoms with E-state index < -0.39 is 0 Å². The molecule has 0 radical (unpaired) electrons. The summed E-state index contributed by atoms with van der Waals surface area (Å²) in [5, 5.41) is 12.4. The molecule has 0 aromatic heterocycles. The molecule has 0 fully saturated rings. The second-order valence-electron chi connectivity index (χ2n) is 4.29. The Morgan fingerprint density at radius 1 is 1.37 bits per heavy atom. The van der Waals surface area contributed by atoms with E-state index in [9.17, 15) is 5.11 Å². The van der Waals surface area contributed by atoms with Crippen LogP contribution in [0, 0.1) is 0 Å². The van der Waals surface area contributed by atoms with E-state index in [2.05, 4.69) is 11.9 Å². The number of aliphatic hydroxyl groups excluding tert-OH is 1. The Labute approximate surface area is 115 Å². The number of benzene rings is 1. The van der Waals surface area contributed by atoms with E-state index in [1.165, 1.54) is 0 Å². The van der Waals surface area contributed by atoms with Crippen molar-refractivity contribution in [3.05, 3.63) is 36.4 Å². The molecule has 0 heterocycles. The molecule has 0 aliphatic rings. The van der Waals surface area contributed by atoms with Gasteiger partial charge in [0.2, 0.25) is 0 Å². The average Bonchev–Trinajstić information content (AvgIpc) is 2.38. The second kappa shape index (κ2) is 8.56. The van der Waals surface area contributed by atoms with Gasteiger partial charge in [-0.3, -0.25) is 0 Å². The molecule has 4 nitrogen and oxygen atoms in total. The summed E-state index contributed by atoms with van der Waals surface area (Å²) in [7, 11) is 0. The van der Waals surface area contributed by atoms with E-state index in [0.29, 0.717) is 26.3 Å². The van der Waals surface area contributed by atoms with Crippen molar-refractivity contribution in [2.24, 2.45) is 0 Å². The maximum atomic E-state index is 9.19. The molecule has 0 aliphatic heterocycles. The molecule has 1 aromatic carbocycles. The Balaban J connectivity index is 2.68. The number of rotatable bonds is 9. The van der Waals surface area contributed by atoms with E-state index in [0.717, 1.165) is 17.1 Å². The molecule has 1 aromatic rings. The van der Waals surface area contributed by atoms with E-state index in [-0.39, 0.29) is 6.10 Å². The zero-order valence-electron chi connectivity index (χ0n) is 11.7. The minimum atomic E-state index is -0.346. The van der Waals surface area contributed by atoms with E-state index in [1.54, 1.807) is 13.0 Å².